The summed E-state index contributed by atoms with van der Waals surface area (Å²) in [7, 11) is 0. The van der Waals surface area contributed by atoms with Crippen LogP contribution in [-0.4, -0.2) is 35.0 Å². The molecule has 6 heteroatoms. The highest BCUT2D eigenvalue weighted by molar-refractivity contribution is 5.15. The number of rotatable bonds is 8. The summed E-state index contributed by atoms with van der Waals surface area (Å²) in [5.41, 5.74) is 9.51. The van der Waals surface area contributed by atoms with Crippen molar-refractivity contribution in [2.45, 2.75) is 51.3 Å². The molecule has 1 heterocycles. The van der Waals surface area contributed by atoms with Gasteiger partial charge in [-0.3, -0.25) is 4.84 Å². The Morgan fingerprint density at radius 2 is 2.17 bits per heavy atom. The zero-order chi connectivity index (χ0) is 16.7. The molecule has 0 bridgehead atoms. The first kappa shape index (κ1) is 17.8. The Balaban J connectivity index is 2.22. The van der Waals surface area contributed by atoms with Crippen molar-refractivity contribution < 1.29 is 9.94 Å². The van der Waals surface area contributed by atoms with Crippen molar-refractivity contribution in [1.29, 1.82) is 0 Å². The Morgan fingerprint density at radius 3 is 2.78 bits per heavy atom. The van der Waals surface area contributed by atoms with Crippen molar-refractivity contribution in [3.05, 3.63) is 46.3 Å². The summed E-state index contributed by atoms with van der Waals surface area (Å²) in [6, 6.07) is 10.2. The Labute approximate surface area is 137 Å². The number of hydrogen-bond donors (Lipinski definition) is 1. The summed E-state index contributed by atoms with van der Waals surface area (Å²) in [6.45, 7) is 5.48. The van der Waals surface area contributed by atoms with Gasteiger partial charge in [-0.15, -0.1) is 0 Å². The van der Waals surface area contributed by atoms with Gasteiger partial charge in [0.15, 0.2) is 0 Å². The van der Waals surface area contributed by atoms with Gasteiger partial charge in [0, 0.05) is 18.1 Å². The number of azide groups is 1. The molecule has 2 rings (SSSR count). The Bertz CT molecular complexity index is 531. The predicted molar refractivity (Wildman–Crippen MR) is 89.4 cm³/mol. The average molecular weight is 318 g/mol. The Morgan fingerprint density at radius 1 is 1.43 bits per heavy atom. The van der Waals surface area contributed by atoms with Crippen molar-refractivity contribution in [3.8, 4) is 0 Å². The maximum atomic E-state index is 9.59. The molecule has 1 aliphatic heterocycles. The molecule has 1 aromatic rings. The van der Waals surface area contributed by atoms with E-state index in [1.165, 1.54) is 5.56 Å². The molecule has 0 spiro atoms. The molecule has 0 aromatic heterocycles. The van der Waals surface area contributed by atoms with E-state index in [9.17, 15) is 5.11 Å². The molecular weight excluding hydrogens is 292 g/mol. The van der Waals surface area contributed by atoms with E-state index in [1.54, 1.807) is 0 Å². The lowest BCUT2D eigenvalue weighted by Crippen LogP contribution is -2.44. The first-order valence-corrected chi connectivity index (χ1v) is 8.19. The van der Waals surface area contributed by atoms with Crippen LogP contribution >= 0.6 is 0 Å². The average Bonchev–Trinajstić information content (AvgIpc) is 2.83. The molecule has 126 valence electrons. The summed E-state index contributed by atoms with van der Waals surface area (Å²) in [5, 5.41) is 15.3. The molecule has 1 aliphatic rings. The van der Waals surface area contributed by atoms with Gasteiger partial charge in [-0.1, -0.05) is 49.3 Å². The third-order valence-electron chi connectivity index (χ3n) is 4.30. The number of aliphatic hydroxyl groups excluding tert-OH is 1. The molecule has 0 unspecified atom stereocenters. The van der Waals surface area contributed by atoms with Crippen molar-refractivity contribution in [2.24, 2.45) is 11.0 Å². The monoisotopic (exact) mass is 318 g/mol. The van der Waals surface area contributed by atoms with Crippen LogP contribution in [0.4, 0.5) is 0 Å². The highest BCUT2D eigenvalue weighted by atomic mass is 16.7. The predicted octanol–water partition coefficient (Wildman–Crippen LogP) is 3.67. The Kier molecular flexibility index (Phi) is 6.42. The van der Waals surface area contributed by atoms with E-state index in [2.05, 4.69) is 36.0 Å². The van der Waals surface area contributed by atoms with Gasteiger partial charge in [-0.05, 0) is 36.3 Å². The van der Waals surface area contributed by atoms with Gasteiger partial charge in [-0.25, -0.2) is 0 Å². The molecule has 0 radical (unpaired) electrons. The molecule has 2 atom stereocenters. The van der Waals surface area contributed by atoms with Gasteiger partial charge in [0.1, 0.15) is 0 Å². The minimum atomic E-state index is -0.214. The van der Waals surface area contributed by atoms with E-state index in [1.807, 2.05) is 23.3 Å². The highest BCUT2D eigenvalue weighted by Crippen LogP contribution is 2.40. The summed E-state index contributed by atoms with van der Waals surface area (Å²) in [5.74, 6) is 0.488. The topological polar surface area (TPSA) is 81.5 Å². The van der Waals surface area contributed by atoms with E-state index in [-0.39, 0.29) is 18.2 Å². The van der Waals surface area contributed by atoms with Crippen molar-refractivity contribution in [1.82, 2.24) is 5.06 Å². The molecule has 1 N–H and O–H groups in total. The third kappa shape index (κ3) is 4.69. The van der Waals surface area contributed by atoms with E-state index < -0.39 is 0 Å². The standard InChI is InChI=1S/C17H26N4O2/c1-14(2)10-17(8-9-22)11-16(12-19-20-18)23-21(17)13-15-6-4-3-5-7-15/h3-7,14,16,22H,8-13H2,1-2H3/t16-,17-/m1/s1. The number of hydrogen-bond acceptors (Lipinski definition) is 4. The quantitative estimate of drug-likeness (QED) is 0.451. The molecule has 1 aromatic carbocycles. The largest absolute Gasteiger partial charge is 0.396 e. The lowest BCUT2D eigenvalue weighted by molar-refractivity contribution is -0.199. The van der Waals surface area contributed by atoms with Gasteiger partial charge >= 0.3 is 0 Å². The number of nitrogens with zero attached hydrogens (tertiary/aromatic N) is 4. The van der Waals surface area contributed by atoms with Crippen LogP contribution in [0.3, 0.4) is 0 Å². The minimum Gasteiger partial charge on any atom is -0.396 e. The normalized spacial score (nSPS) is 24.8. The van der Waals surface area contributed by atoms with Gasteiger partial charge in [0.2, 0.25) is 0 Å². The third-order valence-corrected chi connectivity index (χ3v) is 4.30. The highest BCUT2D eigenvalue weighted by Gasteiger charge is 2.46. The molecule has 6 nitrogen and oxygen atoms in total. The van der Waals surface area contributed by atoms with E-state index in [0.717, 1.165) is 12.8 Å². The van der Waals surface area contributed by atoms with Crippen molar-refractivity contribution >= 4 is 0 Å². The lowest BCUT2D eigenvalue weighted by Gasteiger charge is -2.37. The van der Waals surface area contributed by atoms with Gasteiger partial charge in [-0.2, -0.15) is 5.06 Å². The van der Waals surface area contributed by atoms with Crippen LogP contribution in [0.1, 0.15) is 38.7 Å². The van der Waals surface area contributed by atoms with Gasteiger partial charge < -0.3 is 5.11 Å². The molecule has 23 heavy (non-hydrogen) atoms. The van der Waals surface area contributed by atoms with E-state index in [0.29, 0.717) is 25.4 Å². The van der Waals surface area contributed by atoms with E-state index in [4.69, 9.17) is 10.4 Å². The van der Waals surface area contributed by atoms with Crippen molar-refractivity contribution in [2.75, 3.05) is 13.2 Å². The molecule has 0 saturated carbocycles. The number of benzene rings is 1. The molecule has 1 saturated heterocycles. The fourth-order valence-electron chi connectivity index (χ4n) is 3.52. The molecule has 0 aliphatic carbocycles. The lowest BCUT2D eigenvalue weighted by atomic mass is 9.81. The SMILES string of the molecule is CC(C)C[C@]1(CCO)C[C@H](CN=[N+]=[N-])ON1Cc1ccccc1. The van der Waals surface area contributed by atoms with Crippen LogP contribution in [-0.2, 0) is 11.4 Å². The van der Waals surface area contributed by atoms with Crippen LogP contribution < -0.4 is 0 Å². The zero-order valence-electron chi connectivity index (χ0n) is 13.9. The molecule has 1 fully saturated rings. The van der Waals surface area contributed by atoms with Gasteiger partial charge in [0.25, 0.3) is 0 Å². The summed E-state index contributed by atoms with van der Waals surface area (Å²) in [6.07, 6.45) is 2.25. The first-order chi connectivity index (χ1) is 11.1. The Hall–Kier alpha value is -1.59. The van der Waals surface area contributed by atoms with Crippen molar-refractivity contribution in [3.63, 3.8) is 0 Å². The number of hydroxylamine groups is 2. The summed E-state index contributed by atoms with van der Waals surface area (Å²) < 4.78 is 0. The van der Waals surface area contributed by atoms with Gasteiger partial charge in [0.05, 0.1) is 18.2 Å². The van der Waals surface area contributed by atoms with Crippen LogP contribution in [0.25, 0.3) is 10.4 Å². The fraction of sp³-hybridized carbons (Fsp3) is 0.647. The van der Waals surface area contributed by atoms with Crippen LogP contribution in [0.5, 0.6) is 0 Å². The second kappa shape index (κ2) is 8.31. The molecular formula is C17H26N4O2. The number of aliphatic hydroxyl groups is 1. The maximum Gasteiger partial charge on any atom is 0.0868 e. The molecule has 0 amide bonds. The second-order valence-corrected chi connectivity index (χ2v) is 6.66. The fourth-order valence-corrected chi connectivity index (χ4v) is 3.52. The second-order valence-electron chi connectivity index (χ2n) is 6.66. The zero-order valence-corrected chi connectivity index (χ0v) is 13.9. The van der Waals surface area contributed by atoms with Crippen LogP contribution in [0.2, 0.25) is 0 Å². The van der Waals surface area contributed by atoms with E-state index >= 15 is 0 Å². The first-order valence-electron chi connectivity index (χ1n) is 8.19. The summed E-state index contributed by atoms with van der Waals surface area (Å²) >= 11 is 0. The van der Waals surface area contributed by atoms with Crippen LogP contribution in [0.15, 0.2) is 35.4 Å². The minimum absolute atomic E-state index is 0.121. The summed E-state index contributed by atoms with van der Waals surface area (Å²) in [4.78, 5) is 8.93. The smallest absolute Gasteiger partial charge is 0.0868 e. The van der Waals surface area contributed by atoms with Crippen LogP contribution in [0, 0.1) is 5.92 Å². The maximum absolute atomic E-state index is 9.59.